The molecule has 0 aromatic carbocycles. The molecule has 1 saturated carbocycles. The molecule has 1 aromatic heterocycles. The van der Waals surface area contributed by atoms with Gasteiger partial charge in [-0.05, 0) is 54.5 Å². The number of unbranched alkanes of at least 4 members (excludes halogenated alkanes) is 1. The smallest absolute Gasteiger partial charge is 0.0996 e. The molecule has 0 spiro atoms. The molecule has 1 aliphatic rings. The summed E-state index contributed by atoms with van der Waals surface area (Å²) in [5.74, 6) is 1.26. The Morgan fingerprint density at radius 2 is 2.00 bits per heavy atom. The molecule has 1 unspecified atom stereocenters. The summed E-state index contributed by atoms with van der Waals surface area (Å²) in [7, 11) is 0. The molecule has 1 atom stereocenters. The molecule has 1 fully saturated rings. The first-order valence-electron chi connectivity index (χ1n) is 8.45. The Bertz CT molecular complexity index is 436. The average molecular weight is 357 g/mol. The second kappa shape index (κ2) is 7.77. The van der Waals surface area contributed by atoms with Crippen molar-refractivity contribution in [2.75, 3.05) is 0 Å². The summed E-state index contributed by atoms with van der Waals surface area (Å²) in [6.07, 6.45) is 10.3. The van der Waals surface area contributed by atoms with Gasteiger partial charge in [-0.15, -0.1) is 0 Å². The van der Waals surface area contributed by atoms with Crippen molar-refractivity contribution in [3.05, 3.63) is 16.4 Å². The van der Waals surface area contributed by atoms with Crippen LogP contribution in [0.2, 0.25) is 0 Å². The van der Waals surface area contributed by atoms with E-state index in [1.54, 1.807) is 0 Å². The van der Waals surface area contributed by atoms with Crippen LogP contribution in [0.25, 0.3) is 0 Å². The molecule has 1 aromatic rings. The normalized spacial score (nSPS) is 24.5. The standard InChI is InChI=1S/C17H29BrN2O/c1-4-5-6-13-7-9-14(10-8-13)17(21)16-15(18)11-19-20(16)12(2)3/h11-14,17,21H,4-10H2,1-3H3. The van der Waals surface area contributed by atoms with Crippen molar-refractivity contribution in [2.24, 2.45) is 11.8 Å². The van der Waals surface area contributed by atoms with Crippen LogP contribution in [0.15, 0.2) is 10.7 Å². The highest BCUT2D eigenvalue weighted by atomic mass is 79.9. The van der Waals surface area contributed by atoms with Crippen LogP contribution in [-0.4, -0.2) is 14.9 Å². The van der Waals surface area contributed by atoms with Crippen LogP contribution in [0.3, 0.4) is 0 Å². The van der Waals surface area contributed by atoms with Crippen LogP contribution in [0.1, 0.15) is 83.6 Å². The number of aromatic nitrogens is 2. The third-order valence-corrected chi connectivity index (χ3v) is 5.47. The lowest BCUT2D eigenvalue weighted by molar-refractivity contribution is 0.0632. The largest absolute Gasteiger partial charge is 0.386 e. The molecule has 1 heterocycles. The molecule has 1 aliphatic carbocycles. The van der Waals surface area contributed by atoms with Gasteiger partial charge in [-0.3, -0.25) is 4.68 Å². The van der Waals surface area contributed by atoms with Crippen molar-refractivity contribution in [2.45, 2.75) is 77.9 Å². The number of aliphatic hydroxyl groups is 1. The Hall–Kier alpha value is -0.350. The second-order valence-corrected chi connectivity index (χ2v) is 7.64. The van der Waals surface area contributed by atoms with Crippen molar-refractivity contribution in [1.29, 1.82) is 0 Å². The predicted molar refractivity (Wildman–Crippen MR) is 90.2 cm³/mol. The van der Waals surface area contributed by atoms with Crippen LogP contribution >= 0.6 is 15.9 Å². The molecule has 120 valence electrons. The van der Waals surface area contributed by atoms with Crippen LogP contribution < -0.4 is 0 Å². The fraction of sp³-hybridized carbons (Fsp3) is 0.824. The fourth-order valence-electron chi connectivity index (χ4n) is 3.55. The lowest BCUT2D eigenvalue weighted by atomic mass is 9.77. The zero-order valence-electron chi connectivity index (χ0n) is 13.6. The molecule has 4 heteroatoms. The molecule has 0 bridgehead atoms. The Kier molecular flexibility index (Phi) is 6.30. The fourth-order valence-corrected chi connectivity index (χ4v) is 4.06. The van der Waals surface area contributed by atoms with Crippen molar-refractivity contribution in [3.8, 4) is 0 Å². The van der Waals surface area contributed by atoms with E-state index in [0.717, 1.165) is 28.9 Å². The van der Waals surface area contributed by atoms with E-state index in [2.05, 4.69) is 41.8 Å². The number of rotatable bonds is 6. The van der Waals surface area contributed by atoms with E-state index in [0.29, 0.717) is 5.92 Å². The van der Waals surface area contributed by atoms with Crippen LogP contribution in [-0.2, 0) is 0 Å². The van der Waals surface area contributed by atoms with E-state index in [4.69, 9.17) is 0 Å². The molecule has 0 radical (unpaired) electrons. The van der Waals surface area contributed by atoms with Gasteiger partial charge >= 0.3 is 0 Å². The predicted octanol–water partition coefficient (Wildman–Crippen LogP) is 5.26. The number of aliphatic hydroxyl groups excluding tert-OH is 1. The van der Waals surface area contributed by atoms with E-state index in [9.17, 15) is 5.11 Å². The van der Waals surface area contributed by atoms with Gasteiger partial charge in [-0.2, -0.15) is 5.10 Å². The number of halogens is 1. The maximum atomic E-state index is 10.8. The first kappa shape index (κ1) is 17.0. The van der Waals surface area contributed by atoms with Crippen molar-refractivity contribution >= 4 is 15.9 Å². The Morgan fingerprint density at radius 1 is 1.33 bits per heavy atom. The number of hydrogen-bond donors (Lipinski definition) is 1. The molecule has 0 saturated heterocycles. The summed E-state index contributed by atoms with van der Waals surface area (Å²) in [5.41, 5.74) is 0.960. The van der Waals surface area contributed by atoms with Gasteiger partial charge < -0.3 is 5.11 Å². The number of nitrogens with zero attached hydrogens (tertiary/aromatic N) is 2. The molecular weight excluding hydrogens is 328 g/mol. The third-order valence-electron chi connectivity index (χ3n) is 4.86. The van der Waals surface area contributed by atoms with Crippen molar-refractivity contribution < 1.29 is 5.11 Å². The Labute approximate surface area is 137 Å². The SMILES string of the molecule is CCCCC1CCC(C(O)c2c(Br)cnn2C(C)C)CC1. The summed E-state index contributed by atoms with van der Waals surface area (Å²) < 4.78 is 2.90. The minimum absolute atomic E-state index is 0.279. The minimum atomic E-state index is -0.392. The first-order valence-corrected chi connectivity index (χ1v) is 9.24. The summed E-state index contributed by atoms with van der Waals surface area (Å²) >= 11 is 3.56. The lowest BCUT2D eigenvalue weighted by Crippen LogP contribution is -2.23. The van der Waals surface area contributed by atoms with Crippen molar-refractivity contribution in [3.63, 3.8) is 0 Å². The summed E-state index contributed by atoms with van der Waals surface area (Å²) in [4.78, 5) is 0. The van der Waals surface area contributed by atoms with E-state index in [1.807, 2.05) is 10.9 Å². The topological polar surface area (TPSA) is 38.1 Å². The van der Waals surface area contributed by atoms with Gasteiger partial charge in [-0.1, -0.05) is 39.0 Å². The highest BCUT2D eigenvalue weighted by Crippen LogP contribution is 2.40. The van der Waals surface area contributed by atoms with Crippen LogP contribution in [0, 0.1) is 11.8 Å². The molecule has 3 nitrogen and oxygen atoms in total. The van der Waals surface area contributed by atoms with E-state index in [-0.39, 0.29) is 6.04 Å². The van der Waals surface area contributed by atoms with Gasteiger partial charge in [0.15, 0.2) is 0 Å². The zero-order chi connectivity index (χ0) is 15.4. The van der Waals surface area contributed by atoms with Crippen LogP contribution in [0.5, 0.6) is 0 Å². The average Bonchev–Trinajstić information content (AvgIpc) is 2.87. The van der Waals surface area contributed by atoms with Gasteiger partial charge in [0, 0.05) is 6.04 Å². The van der Waals surface area contributed by atoms with E-state index in [1.165, 1.54) is 32.1 Å². The number of hydrogen-bond acceptors (Lipinski definition) is 2. The van der Waals surface area contributed by atoms with E-state index < -0.39 is 6.10 Å². The molecular formula is C17H29BrN2O. The van der Waals surface area contributed by atoms with Gasteiger partial charge in [0.1, 0.15) is 0 Å². The van der Waals surface area contributed by atoms with Gasteiger partial charge in [0.05, 0.1) is 22.5 Å². The summed E-state index contributed by atoms with van der Waals surface area (Å²) in [6.45, 7) is 6.48. The highest BCUT2D eigenvalue weighted by Gasteiger charge is 2.30. The van der Waals surface area contributed by atoms with Gasteiger partial charge in [-0.25, -0.2) is 0 Å². The lowest BCUT2D eigenvalue weighted by Gasteiger charge is -2.32. The minimum Gasteiger partial charge on any atom is -0.386 e. The quantitative estimate of drug-likeness (QED) is 0.754. The molecule has 21 heavy (non-hydrogen) atoms. The zero-order valence-corrected chi connectivity index (χ0v) is 15.1. The Morgan fingerprint density at radius 3 is 2.57 bits per heavy atom. The second-order valence-electron chi connectivity index (χ2n) is 6.78. The van der Waals surface area contributed by atoms with Gasteiger partial charge in [0.25, 0.3) is 0 Å². The molecule has 0 aliphatic heterocycles. The third kappa shape index (κ3) is 4.10. The maximum Gasteiger partial charge on any atom is 0.0996 e. The van der Waals surface area contributed by atoms with Crippen molar-refractivity contribution in [1.82, 2.24) is 9.78 Å². The maximum absolute atomic E-state index is 10.8. The van der Waals surface area contributed by atoms with Gasteiger partial charge in [0.2, 0.25) is 0 Å². The molecule has 2 rings (SSSR count). The monoisotopic (exact) mass is 356 g/mol. The summed E-state index contributed by atoms with van der Waals surface area (Å²) in [5, 5.41) is 15.2. The highest BCUT2D eigenvalue weighted by molar-refractivity contribution is 9.10. The Balaban J connectivity index is 1.99. The van der Waals surface area contributed by atoms with E-state index >= 15 is 0 Å². The first-order chi connectivity index (χ1) is 10.0. The van der Waals surface area contributed by atoms with Crippen LogP contribution in [0.4, 0.5) is 0 Å². The molecule has 0 amide bonds. The summed E-state index contributed by atoms with van der Waals surface area (Å²) in [6, 6.07) is 0.279. The molecule has 1 N–H and O–H groups in total.